The van der Waals surface area contributed by atoms with Crippen molar-refractivity contribution in [3.8, 4) is 6.07 Å². The Balaban J connectivity index is 1.94. The number of nitriles is 1. The zero-order chi connectivity index (χ0) is 15.3. The lowest BCUT2D eigenvalue weighted by Gasteiger charge is -2.11. The Morgan fingerprint density at radius 1 is 1.33 bits per heavy atom. The second-order valence-electron chi connectivity index (χ2n) is 4.32. The molecule has 1 aromatic carbocycles. The molecule has 0 aliphatic heterocycles. The summed E-state index contributed by atoms with van der Waals surface area (Å²) < 4.78 is 39.6. The fourth-order valence-electron chi connectivity index (χ4n) is 1.82. The van der Waals surface area contributed by atoms with Crippen LogP contribution in [0.15, 0.2) is 30.6 Å². The van der Waals surface area contributed by atoms with Crippen LogP contribution < -0.4 is 5.32 Å². The van der Waals surface area contributed by atoms with Gasteiger partial charge >= 0.3 is 6.18 Å². The molecule has 0 fully saturated rings. The van der Waals surface area contributed by atoms with Crippen molar-refractivity contribution in [1.29, 1.82) is 5.26 Å². The Hall–Kier alpha value is -2.56. The molecule has 0 saturated carbocycles. The Bertz CT molecular complexity index is 628. The number of anilines is 1. The van der Waals surface area contributed by atoms with Crippen LogP contribution in [0.1, 0.15) is 17.5 Å². The summed E-state index contributed by atoms with van der Waals surface area (Å²) in [6, 6.07) is 5.01. The van der Waals surface area contributed by atoms with Gasteiger partial charge < -0.3 is 5.32 Å². The van der Waals surface area contributed by atoms with Crippen LogP contribution in [0.2, 0.25) is 0 Å². The molecule has 8 heteroatoms. The molecule has 0 atom stereocenters. The summed E-state index contributed by atoms with van der Waals surface area (Å²) in [7, 11) is 0. The highest BCUT2D eigenvalue weighted by atomic mass is 19.4. The van der Waals surface area contributed by atoms with Crippen molar-refractivity contribution in [3.05, 3.63) is 41.7 Å². The molecule has 0 radical (unpaired) electrons. The van der Waals surface area contributed by atoms with E-state index in [0.29, 0.717) is 18.8 Å². The van der Waals surface area contributed by atoms with Crippen molar-refractivity contribution >= 4 is 5.69 Å². The average Bonchev–Trinajstić information content (AvgIpc) is 2.95. The standard InChI is InChI=1S/C13H12F3N5/c14-13(15,16)12-3-2-11(8-10(12)9-17)18-4-1-6-21-7-5-19-20-21/h2-3,5,7-8,18H,1,4,6H2. The summed E-state index contributed by atoms with van der Waals surface area (Å²) in [5.41, 5.74) is -0.819. The van der Waals surface area contributed by atoms with Crippen LogP contribution in [-0.2, 0) is 12.7 Å². The Morgan fingerprint density at radius 2 is 2.14 bits per heavy atom. The molecule has 110 valence electrons. The van der Waals surface area contributed by atoms with E-state index in [4.69, 9.17) is 5.26 Å². The Morgan fingerprint density at radius 3 is 2.76 bits per heavy atom. The third-order valence-electron chi connectivity index (χ3n) is 2.81. The predicted molar refractivity (Wildman–Crippen MR) is 69.3 cm³/mol. The molecule has 5 nitrogen and oxygen atoms in total. The molecule has 21 heavy (non-hydrogen) atoms. The van der Waals surface area contributed by atoms with Crippen LogP contribution in [0.25, 0.3) is 0 Å². The molecule has 2 aromatic rings. The van der Waals surface area contributed by atoms with Gasteiger partial charge in [0.25, 0.3) is 0 Å². The minimum absolute atomic E-state index is 0.385. The van der Waals surface area contributed by atoms with Gasteiger partial charge in [0.2, 0.25) is 0 Å². The maximum absolute atomic E-state index is 12.6. The third kappa shape index (κ3) is 3.95. The molecule has 0 unspecified atom stereocenters. The van der Waals surface area contributed by atoms with E-state index in [2.05, 4.69) is 15.6 Å². The summed E-state index contributed by atoms with van der Waals surface area (Å²) in [6.45, 7) is 1.20. The lowest BCUT2D eigenvalue weighted by molar-refractivity contribution is -0.137. The number of benzene rings is 1. The second-order valence-corrected chi connectivity index (χ2v) is 4.32. The summed E-state index contributed by atoms with van der Waals surface area (Å²) in [4.78, 5) is 0. The highest BCUT2D eigenvalue weighted by Crippen LogP contribution is 2.32. The van der Waals surface area contributed by atoms with Gasteiger partial charge in [0.1, 0.15) is 0 Å². The molecule has 0 aliphatic carbocycles. The minimum Gasteiger partial charge on any atom is -0.385 e. The number of alkyl halides is 3. The lowest BCUT2D eigenvalue weighted by atomic mass is 10.1. The Labute approximate surface area is 119 Å². The molecular formula is C13H12F3N5. The summed E-state index contributed by atoms with van der Waals surface area (Å²) in [5.74, 6) is 0. The number of hydrogen-bond acceptors (Lipinski definition) is 4. The van der Waals surface area contributed by atoms with Crippen molar-refractivity contribution in [2.45, 2.75) is 19.1 Å². The number of rotatable bonds is 5. The van der Waals surface area contributed by atoms with E-state index in [0.717, 1.165) is 12.5 Å². The van der Waals surface area contributed by atoms with E-state index in [1.165, 1.54) is 12.1 Å². The van der Waals surface area contributed by atoms with Gasteiger partial charge in [-0.05, 0) is 24.6 Å². The monoisotopic (exact) mass is 295 g/mol. The van der Waals surface area contributed by atoms with Gasteiger partial charge in [0.15, 0.2) is 0 Å². The smallest absolute Gasteiger partial charge is 0.385 e. The third-order valence-corrected chi connectivity index (χ3v) is 2.81. The van der Waals surface area contributed by atoms with Crippen molar-refractivity contribution < 1.29 is 13.2 Å². The predicted octanol–water partition coefficient (Wildman–Crippen LogP) is 2.67. The first-order valence-electron chi connectivity index (χ1n) is 6.20. The zero-order valence-corrected chi connectivity index (χ0v) is 10.9. The fourth-order valence-corrected chi connectivity index (χ4v) is 1.82. The largest absolute Gasteiger partial charge is 0.417 e. The van der Waals surface area contributed by atoms with Crippen molar-refractivity contribution in [3.63, 3.8) is 0 Å². The van der Waals surface area contributed by atoms with Crippen LogP contribution in [-0.4, -0.2) is 21.5 Å². The summed E-state index contributed by atoms with van der Waals surface area (Å²) >= 11 is 0. The van der Waals surface area contributed by atoms with Crippen molar-refractivity contribution in [2.24, 2.45) is 0 Å². The maximum Gasteiger partial charge on any atom is 0.417 e. The fraction of sp³-hybridized carbons (Fsp3) is 0.308. The second kappa shape index (κ2) is 6.26. The highest BCUT2D eigenvalue weighted by Gasteiger charge is 2.33. The molecule has 1 N–H and O–H groups in total. The molecule has 2 rings (SSSR count). The van der Waals surface area contributed by atoms with Gasteiger partial charge in [-0.2, -0.15) is 18.4 Å². The van der Waals surface area contributed by atoms with Gasteiger partial charge in [-0.3, -0.25) is 4.68 Å². The Kier molecular flexibility index (Phi) is 4.42. The lowest BCUT2D eigenvalue weighted by Crippen LogP contribution is -2.10. The summed E-state index contributed by atoms with van der Waals surface area (Å²) in [5, 5.41) is 19.2. The number of nitrogens with zero attached hydrogens (tertiary/aromatic N) is 4. The number of aromatic nitrogens is 3. The van der Waals surface area contributed by atoms with Crippen molar-refractivity contribution in [1.82, 2.24) is 15.0 Å². The van der Waals surface area contributed by atoms with Crippen LogP contribution in [0, 0.1) is 11.3 Å². The van der Waals surface area contributed by atoms with Crippen LogP contribution in [0.5, 0.6) is 0 Å². The van der Waals surface area contributed by atoms with E-state index in [1.807, 2.05) is 0 Å². The normalized spacial score (nSPS) is 11.1. The van der Waals surface area contributed by atoms with Gasteiger partial charge in [-0.15, -0.1) is 5.10 Å². The first kappa shape index (κ1) is 14.8. The molecule has 0 aliphatic rings. The quantitative estimate of drug-likeness (QED) is 0.861. The van der Waals surface area contributed by atoms with Gasteiger partial charge in [0, 0.05) is 25.0 Å². The van der Waals surface area contributed by atoms with E-state index in [-0.39, 0.29) is 5.56 Å². The number of aryl methyl sites for hydroxylation is 1. The van der Waals surface area contributed by atoms with E-state index in [9.17, 15) is 13.2 Å². The minimum atomic E-state index is -4.52. The SMILES string of the molecule is N#Cc1cc(NCCCn2ccnn2)ccc1C(F)(F)F. The molecular weight excluding hydrogens is 283 g/mol. The molecule has 0 bridgehead atoms. The maximum atomic E-state index is 12.6. The molecule has 0 spiro atoms. The zero-order valence-electron chi connectivity index (χ0n) is 10.9. The molecule has 1 heterocycles. The number of hydrogen-bond donors (Lipinski definition) is 1. The average molecular weight is 295 g/mol. The van der Waals surface area contributed by atoms with Crippen LogP contribution in [0.4, 0.5) is 18.9 Å². The van der Waals surface area contributed by atoms with Gasteiger partial charge in [-0.25, -0.2) is 0 Å². The van der Waals surface area contributed by atoms with E-state index in [1.54, 1.807) is 23.1 Å². The molecule has 0 saturated heterocycles. The van der Waals surface area contributed by atoms with Gasteiger partial charge in [0.05, 0.1) is 23.4 Å². The van der Waals surface area contributed by atoms with E-state index < -0.39 is 11.7 Å². The highest BCUT2D eigenvalue weighted by molar-refractivity contribution is 5.53. The molecule has 0 amide bonds. The first-order chi connectivity index (χ1) is 10.0. The van der Waals surface area contributed by atoms with Crippen molar-refractivity contribution in [2.75, 3.05) is 11.9 Å². The van der Waals surface area contributed by atoms with E-state index >= 15 is 0 Å². The summed E-state index contributed by atoms with van der Waals surface area (Å²) in [6.07, 6.45) is -0.489. The first-order valence-corrected chi connectivity index (χ1v) is 6.20. The molecule has 1 aromatic heterocycles. The topological polar surface area (TPSA) is 66.5 Å². The number of halogens is 3. The van der Waals surface area contributed by atoms with Crippen LogP contribution in [0.3, 0.4) is 0 Å². The number of nitrogens with one attached hydrogen (secondary N) is 1. The van der Waals surface area contributed by atoms with Gasteiger partial charge in [-0.1, -0.05) is 5.21 Å². The van der Waals surface area contributed by atoms with Crippen LogP contribution >= 0.6 is 0 Å².